The lowest BCUT2D eigenvalue weighted by molar-refractivity contribution is -0.117. The smallest absolute Gasteiger partial charge is 0.335 e. The fourth-order valence-corrected chi connectivity index (χ4v) is 4.40. The molecule has 36 heavy (non-hydrogen) atoms. The number of aromatic carboxylic acids is 1. The maximum atomic E-state index is 13.3. The van der Waals surface area contributed by atoms with E-state index in [1.165, 1.54) is 24.5 Å². The molecule has 1 amide bonds. The topological polar surface area (TPSA) is 123 Å². The molecule has 4 aromatic rings. The van der Waals surface area contributed by atoms with E-state index in [9.17, 15) is 9.59 Å². The van der Waals surface area contributed by atoms with Crippen LogP contribution in [0.2, 0.25) is 10.0 Å². The summed E-state index contributed by atoms with van der Waals surface area (Å²) in [4.78, 5) is 29.1. The maximum Gasteiger partial charge on any atom is 0.335 e. The quantitative estimate of drug-likeness (QED) is 0.323. The highest BCUT2D eigenvalue weighted by Crippen LogP contribution is 2.39. The highest BCUT2D eigenvalue weighted by atomic mass is 35.5. The zero-order valence-corrected chi connectivity index (χ0v) is 20.3. The number of carboxylic acids is 1. The van der Waals surface area contributed by atoms with Gasteiger partial charge in [0, 0.05) is 22.3 Å². The lowest BCUT2D eigenvalue weighted by atomic mass is 9.95. The minimum atomic E-state index is -1.09. The monoisotopic (exact) mass is 522 g/mol. The number of carbonyl (C=O) groups is 2. The molecule has 0 aliphatic heterocycles. The van der Waals surface area contributed by atoms with Gasteiger partial charge in [0.25, 0.3) is 0 Å². The Morgan fingerprint density at radius 2 is 1.94 bits per heavy atom. The molecule has 1 unspecified atom stereocenters. The van der Waals surface area contributed by atoms with Crippen molar-refractivity contribution >= 4 is 40.8 Å². The summed E-state index contributed by atoms with van der Waals surface area (Å²) in [6.45, 7) is 0. The van der Waals surface area contributed by atoms with Crippen LogP contribution >= 0.6 is 23.2 Å². The van der Waals surface area contributed by atoms with Gasteiger partial charge in [-0.25, -0.2) is 4.79 Å². The van der Waals surface area contributed by atoms with Crippen LogP contribution in [-0.2, 0) is 4.79 Å². The molecule has 1 atom stereocenters. The highest BCUT2D eigenvalue weighted by Gasteiger charge is 2.31. The first-order chi connectivity index (χ1) is 17.4. The van der Waals surface area contributed by atoms with Crippen LogP contribution in [0.3, 0.4) is 0 Å². The number of halogens is 2. The van der Waals surface area contributed by atoms with E-state index in [1.54, 1.807) is 16.9 Å². The predicted octanol–water partition coefficient (Wildman–Crippen LogP) is 5.25. The van der Waals surface area contributed by atoms with Gasteiger partial charge < -0.3 is 10.4 Å². The van der Waals surface area contributed by atoms with Crippen molar-refractivity contribution < 1.29 is 14.7 Å². The van der Waals surface area contributed by atoms with Gasteiger partial charge in [0.15, 0.2) is 0 Å². The standard InChI is InChI=1S/C25H20Cl2N6O3/c26-17-5-8-23(33-13-29-31-32-33)18(11-17)16-4-6-21(28-12-16)19(9-14-1-2-14)24(34)30-22-7-3-15(25(35)36)10-20(22)27/h3-8,10-14,19H,1-2,9H2,(H,30,34)(H,35,36). The number of hydrogen-bond acceptors (Lipinski definition) is 6. The first-order valence-corrected chi connectivity index (χ1v) is 12.0. The zero-order valence-electron chi connectivity index (χ0n) is 18.8. The third-order valence-electron chi connectivity index (χ3n) is 6.07. The molecule has 2 N–H and O–H groups in total. The predicted molar refractivity (Wildman–Crippen MR) is 135 cm³/mol. The second kappa shape index (κ2) is 10.0. The van der Waals surface area contributed by atoms with E-state index in [0.717, 1.165) is 29.7 Å². The van der Waals surface area contributed by atoms with E-state index in [2.05, 4.69) is 25.8 Å². The first kappa shape index (κ1) is 23.9. The summed E-state index contributed by atoms with van der Waals surface area (Å²) in [6, 6.07) is 13.3. The van der Waals surface area contributed by atoms with Crippen LogP contribution in [0.1, 0.15) is 41.2 Å². The Morgan fingerprint density at radius 1 is 1.11 bits per heavy atom. The first-order valence-electron chi connectivity index (χ1n) is 11.2. The number of amides is 1. The molecule has 0 saturated heterocycles. The number of tetrazole rings is 1. The summed E-state index contributed by atoms with van der Waals surface area (Å²) in [6.07, 6.45) is 6.02. The van der Waals surface area contributed by atoms with E-state index >= 15 is 0 Å². The van der Waals surface area contributed by atoms with Crippen LogP contribution in [0.15, 0.2) is 61.1 Å². The van der Waals surface area contributed by atoms with Gasteiger partial charge in [-0.2, -0.15) is 4.68 Å². The number of benzene rings is 2. The average molecular weight is 523 g/mol. The number of hydrogen-bond donors (Lipinski definition) is 2. The lowest BCUT2D eigenvalue weighted by Gasteiger charge is -2.18. The van der Waals surface area contributed by atoms with Crippen LogP contribution in [0.5, 0.6) is 0 Å². The zero-order chi connectivity index (χ0) is 25.2. The molecule has 2 heterocycles. The number of anilines is 1. The Kier molecular flexibility index (Phi) is 6.67. The highest BCUT2D eigenvalue weighted by molar-refractivity contribution is 6.34. The molecule has 1 aliphatic carbocycles. The SMILES string of the molecule is O=C(O)c1ccc(NC(=O)C(CC2CC2)c2ccc(-c3cc(Cl)ccc3-n3cnnn3)cn2)c(Cl)c1. The Bertz CT molecular complexity index is 1420. The molecule has 0 spiro atoms. The Labute approximate surface area is 216 Å². The summed E-state index contributed by atoms with van der Waals surface area (Å²) in [5.74, 6) is -1.36. The van der Waals surface area contributed by atoms with Crippen molar-refractivity contribution in [3.05, 3.63) is 82.4 Å². The minimum Gasteiger partial charge on any atom is -0.478 e. The molecule has 5 rings (SSSR count). The Morgan fingerprint density at radius 3 is 2.58 bits per heavy atom. The van der Waals surface area contributed by atoms with Gasteiger partial charge in [0.2, 0.25) is 5.91 Å². The Balaban J connectivity index is 1.42. The number of carboxylic acid groups (broad SMARTS) is 1. The molecule has 2 aromatic heterocycles. The molecule has 9 nitrogen and oxygen atoms in total. The van der Waals surface area contributed by atoms with Crippen molar-refractivity contribution in [3.8, 4) is 16.8 Å². The summed E-state index contributed by atoms with van der Waals surface area (Å²) >= 11 is 12.5. The van der Waals surface area contributed by atoms with Gasteiger partial charge >= 0.3 is 5.97 Å². The van der Waals surface area contributed by atoms with Crippen LogP contribution in [0.4, 0.5) is 5.69 Å². The molecule has 0 radical (unpaired) electrons. The maximum absolute atomic E-state index is 13.3. The van der Waals surface area contributed by atoms with E-state index in [4.69, 9.17) is 28.3 Å². The summed E-state index contributed by atoms with van der Waals surface area (Å²) in [5, 5.41) is 24.1. The van der Waals surface area contributed by atoms with Gasteiger partial charge in [-0.3, -0.25) is 9.78 Å². The van der Waals surface area contributed by atoms with Crippen molar-refractivity contribution in [1.29, 1.82) is 0 Å². The summed E-state index contributed by atoms with van der Waals surface area (Å²) in [7, 11) is 0. The van der Waals surface area contributed by atoms with Gasteiger partial charge in [0.1, 0.15) is 6.33 Å². The fourth-order valence-electron chi connectivity index (χ4n) is 4.00. The number of nitrogens with zero attached hydrogens (tertiary/aromatic N) is 5. The van der Waals surface area contributed by atoms with E-state index < -0.39 is 11.9 Å². The second-order valence-electron chi connectivity index (χ2n) is 8.61. The molecule has 182 valence electrons. The lowest BCUT2D eigenvalue weighted by Crippen LogP contribution is -2.23. The van der Waals surface area contributed by atoms with Crippen molar-refractivity contribution in [3.63, 3.8) is 0 Å². The third kappa shape index (κ3) is 5.22. The molecule has 2 aromatic carbocycles. The third-order valence-corrected chi connectivity index (χ3v) is 6.61. The van der Waals surface area contributed by atoms with E-state index in [-0.39, 0.29) is 16.5 Å². The molecule has 1 saturated carbocycles. The second-order valence-corrected chi connectivity index (χ2v) is 9.45. The van der Waals surface area contributed by atoms with Crippen molar-refractivity contribution in [2.24, 2.45) is 5.92 Å². The normalized spacial score (nSPS) is 13.8. The van der Waals surface area contributed by atoms with Gasteiger partial charge in [-0.15, -0.1) is 5.10 Å². The average Bonchev–Trinajstić information content (AvgIpc) is 3.53. The number of carbonyl (C=O) groups excluding carboxylic acids is 1. The molecule has 11 heteroatoms. The molecule has 1 aliphatic rings. The summed E-state index contributed by atoms with van der Waals surface area (Å²) < 4.78 is 1.54. The summed E-state index contributed by atoms with van der Waals surface area (Å²) in [5.41, 5.74) is 3.37. The number of nitrogens with one attached hydrogen (secondary N) is 1. The van der Waals surface area contributed by atoms with Crippen LogP contribution < -0.4 is 5.32 Å². The van der Waals surface area contributed by atoms with Gasteiger partial charge in [0.05, 0.1) is 33.6 Å². The van der Waals surface area contributed by atoms with Crippen LogP contribution in [-0.4, -0.2) is 42.2 Å². The van der Waals surface area contributed by atoms with E-state index in [1.807, 2.05) is 24.3 Å². The van der Waals surface area contributed by atoms with E-state index in [0.29, 0.717) is 28.7 Å². The van der Waals surface area contributed by atoms with Gasteiger partial charge in [-0.05, 0) is 65.2 Å². The molecule has 1 fully saturated rings. The largest absolute Gasteiger partial charge is 0.478 e. The number of pyridine rings is 1. The van der Waals surface area contributed by atoms with Gasteiger partial charge in [-0.1, -0.05) is 42.1 Å². The molecular formula is C25H20Cl2N6O3. The minimum absolute atomic E-state index is 0.0480. The van der Waals surface area contributed by atoms with Crippen molar-refractivity contribution in [2.45, 2.75) is 25.2 Å². The van der Waals surface area contributed by atoms with Crippen LogP contribution in [0.25, 0.3) is 16.8 Å². The fraction of sp³-hybridized carbons (Fsp3) is 0.200. The van der Waals surface area contributed by atoms with Crippen molar-refractivity contribution in [2.75, 3.05) is 5.32 Å². The van der Waals surface area contributed by atoms with Crippen LogP contribution in [0, 0.1) is 5.92 Å². The molecule has 0 bridgehead atoms. The molecular weight excluding hydrogens is 503 g/mol. The number of rotatable bonds is 8. The Hall–Kier alpha value is -3.82. The van der Waals surface area contributed by atoms with Crippen molar-refractivity contribution in [1.82, 2.24) is 25.2 Å². The number of aromatic nitrogens is 5.